The van der Waals surface area contributed by atoms with Gasteiger partial charge in [-0.2, -0.15) is 0 Å². The molecule has 0 amide bonds. The van der Waals surface area contributed by atoms with Crippen LogP contribution in [0.3, 0.4) is 0 Å². The van der Waals surface area contributed by atoms with Crippen molar-refractivity contribution in [1.82, 2.24) is 0 Å². The molecule has 0 spiro atoms. The normalized spacial score (nSPS) is 17.0. The molecule has 3 nitrogen and oxygen atoms in total. The maximum Gasteiger partial charge on any atom is 0.181 e. The number of benzene rings is 3. The molecule has 2 aliphatic rings. The minimum atomic E-state index is -0.472. The molecule has 1 aliphatic heterocycles. The third-order valence-corrected chi connectivity index (χ3v) is 4.75. The summed E-state index contributed by atoms with van der Waals surface area (Å²) >= 11 is 0. The Labute approximate surface area is 145 Å². The second-order valence-electron chi connectivity index (χ2n) is 6.32. The third kappa shape index (κ3) is 2.28. The first-order valence-electron chi connectivity index (χ1n) is 8.33. The fraction of sp³-hybridized carbons (Fsp3) is 0.0909. The van der Waals surface area contributed by atoms with Crippen LogP contribution in [0.25, 0.3) is 6.08 Å². The Morgan fingerprint density at radius 3 is 2.64 bits per heavy atom. The van der Waals surface area contributed by atoms with Gasteiger partial charge in [0.05, 0.1) is 0 Å². The van der Waals surface area contributed by atoms with Crippen LogP contribution in [0.1, 0.15) is 28.4 Å². The molecule has 0 bridgehead atoms. The van der Waals surface area contributed by atoms with Gasteiger partial charge < -0.3 is 14.6 Å². The first-order valence-corrected chi connectivity index (χ1v) is 8.33. The number of ether oxygens (including phenoxy) is 2. The molecule has 1 unspecified atom stereocenters. The van der Waals surface area contributed by atoms with E-state index in [1.165, 1.54) is 0 Å². The highest BCUT2D eigenvalue weighted by atomic mass is 16.5. The second-order valence-corrected chi connectivity index (χ2v) is 6.32. The minimum absolute atomic E-state index is 0.232. The van der Waals surface area contributed by atoms with Crippen molar-refractivity contribution in [2.75, 3.05) is 0 Å². The van der Waals surface area contributed by atoms with Gasteiger partial charge in [0.25, 0.3) is 0 Å². The van der Waals surface area contributed by atoms with Crippen LogP contribution in [-0.4, -0.2) is 5.11 Å². The highest BCUT2D eigenvalue weighted by Crippen LogP contribution is 2.43. The van der Waals surface area contributed by atoms with Crippen molar-refractivity contribution in [2.24, 2.45) is 0 Å². The molecule has 0 aromatic heterocycles. The number of para-hydroxylation sites is 1. The summed E-state index contributed by atoms with van der Waals surface area (Å²) in [4.78, 5) is 0. The van der Waals surface area contributed by atoms with Crippen LogP contribution in [-0.2, 0) is 6.42 Å². The highest BCUT2D eigenvalue weighted by molar-refractivity contribution is 5.64. The van der Waals surface area contributed by atoms with Gasteiger partial charge in [-0.3, -0.25) is 0 Å². The van der Waals surface area contributed by atoms with E-state index in [4.69, 9.17) is 9.47 Å². The molecule has 1 heterocycles. The molecule has 1 N–H and O–H groups in total. The summed E-state index contributed by atoms with van der Waals surface area (Å²) in [5.41, 5.74) is 4.13. The number of fused-ring (bicyclic) bond motifs is 3. The zero-order chi connectivity index (χ0) is 16.8. The second kappa shape index (κ2) is 5.42. The average molecular weight is 328 g/mol. The van der Waals surface area contributed by atoms with Crippen LogP contribution in [0.2, 0.25) is 0 Å². The summed E-state index contributed by atoms with van der Waals surface area (Å²) in [5.74, 6) is 2.68. The largest absolute Gasteiger partial charge is 0.508 e. The molecule has 1 aliphatic carbocycles. The zero-order valence-electron chi connectivity index (χ0n) is 13.5. The van der Waals surface area contributed by atoms with Crippen LogP contribution in [0, 0.1) is 0 Å². The topological polar surface area (TPSA) is 38.7 Å². The van der Waals surface area contributed by atoms with E-state index in [2.05, 4.69) is 6.07 Å². The van der Waals surface area contributed by atoms with Crippen LogP contribution < -0.4 is 9.47 Å². The molecule has 5 rings (SSSR count). The van der Waals surface area contributed by atoms with Crippen molar-refractivity contribution < 1.29 is 14.6 Å². The molecule has 3 aromatic rings. The van der Waals surface area contributed by atoms with Gasteiger partial charge in [-0.25, -0.2) is 0 Å². The maximum atomic E-state index is 10.3. The standard InChI is InChI=1S/C22H16O3/c23-18-13-14-6-1-3-8-16(14)22(18)25-21-11-5-10-20-17(21)12-15-7-2-4-9-19(15)24-20/h1-11,13,22-23H,12H2. The monoisotopic (exact) mass is 328 g/mol. The van der Waals surface area contributed by atoms with E-state index in [0.717, 1.165) is 45.9 Å². The third-order valence-electron chi connectivity index (χ3n) is 4.75. The van der Waals surface area contributed by atoms with Crippen molar-refractivity contribution in [2.45, 2.75) is 12.5 Å². The van der Waals surface area contributed by atoms with E-state index < -0.39 is 6.10 Å². The number of hydrogen-bond acceptors (Lipinski definition) is 3. The zero-order valence-corrected chi connectivity index (χ0v) is 13.5. The summed E-state index contributed by atoms with van der Waals surface area (Å²) in [6, 6.07) is 21.7. The van der Waals surface area contributed by atoms with Gasteiger partial charge in [0.2, 0.25) is 0 Å². The van der Waals surface area contributed by atoms with Gasteiger partial charge in [0.15, 0.2) is 6.10 Å². The Kier molecular flexibility index (Phi) is 3.07. The van der Waals surface area contributed by atoms with Gasteiger partial charge >= 0.3 is 0 Å². The van der Waals surface area contributed by atoms with Crippen LogP contribution in [0.15, 0.2) is 72.5 Å². The van der Waals surface area contributed by atoms with Crippen LogP contribution in [0.5, 0.6) is 17.2 Å². The Morgan fingerprint density at radius 1 is 0.880 bits per heavy atom. The van der Waals surface area contributed by atoms with Crippen molar-refractivity contribution in [1.29, 1.82) is 0 Å². The van der Waals surface area contributed by atoms with Crippen LogP contribution in [0.4, 0.5) is 0 Å². The molecular formula is C22H16O3. The average Bonchev–Trinajstić information content (AvgIpc) is 2.96. The number of rotatable bonds is 2. The lowest BCUT2D eigenvalue weighted by Crippen LogP contribution is -2.11. The van der Waals surface area contributed by atoms with Gasteiger partial charge in [-0.1, -0.05) is 48.5 Å². The van der Waals surface area contributed by atoms with E-state index >= 15 is 0 Å². The summed E-state index contributed by atoms with van der Waals surface area (Å²) in [7, 11) is 0. The summed E-state index contributed by atoms with van der Waals surface area (Å²) in [5, 5.41) is 10.3. The van der Waals surface area contributed by atoms with E-state index in [9.17, 15) is 5.11 Å². The lowest BCUT2D eigenvalue weighted by atomic mass is 9.99. The van der Waals surface area contributed by atoms with Gasteiger partial charge in [0, 0.05) is 17.5 Å². The molecular weight excluding hydrogens is 312 g/mol. The van der Waals surface area contributed by atoms with E-state index in [1.807, 2.05) is 60.7 Å². The van der Waals surface area contributed by atoms with Gasteiger partial charge in [-0.15, -0.1) is 0 Å². The molecule has 0 saturated heterocycles. The smallest absolute Gasteiger partial charge is 0.181 e. The molecule has 3 aromatic carbocycles. The quantitative estimate of drug-likeness (QED) is 0.534. The molecule has 0 radical (unpaired) electrons. The predicted octanol–water partition coefficient (Wildman–Crippen LogP) is 5.42. The first kappa shape index (κ1) is 14.2. The summed E-state index contributed by atoms with van der Waals surface area (Å²) in [6.07, 6.45) is 2.04. The highest BCUT2D eigenvalue weighted by Gasteiger charge is 2.28. The van der Waals surface area contributed by atoms with E-state index in [-0.39, 0.29) is 5.76 Å². The van der Waals surface area contributed by atoms with E-state index in [1.54, 1.807) is 6.08 Å². The van der Waals surface area contributed by atoms with Crippen molar-refractivity contribution in [3.8, 4) is 17.2 Å². The fourth-order valence-electron chi connectivity index (χ4n) is 3.51. The molecule has 25 heavy (non-hydrogen) atoms. The summed E-state index contributed by atoms with van der Waals surface area (Å²) < 4.78 is 12.3. The SMILES string of the molecule is OC1=Cc2ccccc2C1Oc1cccc2c1Cc1ccccc1O2. The van der Waals surface area contributed by atoms with Gasteiger partial charge in [0.1, 0.15) is 23.0 Å². The molecule has 0 saturated carbocycles. The fourth-order valence-corrected chi connectivity index (χ4v) is 3.51. The Bertz CT molecular complexity index is 1000. The number of aliphatic hydroxyl groups excluding tert-OH is 1. The van der Waals surface area contributed by atoms with Crippen molar-refractivity contribution in [3.63, 3.8) is 0 Å². The minimum Gasteiger partial charge on any atom is -0.508 e. The van der Waals surface area contributed by atoms with Crippen molar-refractivity contribution >= 4 is 6.08 Å². The molecule has 0 fully saturated rings. The molecule has 3 heteroatoms. The molecule has 122 valence electrons. The lowest BCUT2D eigenvalue weighted by molar-refractivity contribution is 0.183. The summed E-state index contributed by atoms with van der Waals surface area (Å²) in [6.45, 7) is 0. The Morgan fingerprint density at radius 2 is 1.68 bits per heavy atom. The lowest BCUT2D eigenvalue weighted by Gasteiger charge is -2.24. The van der Waals surface area contributed by atoms with Crippen molar-refractivity contribution in [3.05, 3.63) is 94.7 Å². The molecule has 1 atom stereocenters. The Hall–Kier alpha value is -3.20. The number of hydrogen-bond donors (Lipinski definition) is 1. The number of aliphatic hydroxyl groups is 1. The predicted molar refractivity (Wildman–Crippen MR) is 96.2 cm³/mol. The first-order chi connectivity index (χ1) is 12.3. The maximum absolute atomic E-state index is 10.3. The van der Waals surface area contributed by atoms with E-state index in [0.29, 0.717) is 0 Å². The van der Waals surface area contributed by atoms with Crippen LogP contribution >= 0.6 is 0 Å². The van der Waals surface area contributed by atoms with Gasteiger partial charge in [-0.05, 0) is 35.4 Å². The Balaban J connectivity index is 1.52.